The summed E-state index contributed by atoms with van der Waals surface area (Å²) in [6.45, 7) is 9.98. The topological polar surface area (TPSA) is 37.4 Å². The predicted octanol–water partition coefficient (Wildman–Crippen LogP) is 3.72. The summed E-state index contributed by atoms with van der Waals surface area (Å²) < 4.78 is 0. The average molecular weight is 320 g/mol. The Labute approximate surface area is 136 Å². The third-order valence-corrected chi connectivity index (χ3v) is 3.76. The number of anilines is 1. The van der Waals surface area contributed by atoms with Gasteiger partial charge in [-0.25, -0.2) is 0 Å². The van der Waals surface area contributed by atoms with Gasteiger partial charge in [0.25, 0.3) is 0 Å². The van der Waals surface area contributed by atoms with Crippen LogP contribution in [0.3, 0.4) is 0 Å². The summed E-state index contributed by atoms with van der Waals surface area (Å²) in [5.74, 6) is 0.836. The van der Waals surface area contributed by atoms with Crippen LogP contribution in [0.25, 0.3) is 11.1 Å². The molecule has 0 heterocycles. The van der Waals surface area contributed by atoms with E-state index in [4.69, 9.17) is 11.6 Å². The first-order chi connectivity index (χ1) is 10.3. The van der Waals surface area contributed by atoms with Gasteiger partial charge in [-0.05, 0) is 29.5 Å². The van der Waals surface area contributed by atoms with Crippen molar-refractivity contribution >= 4 is 17.3 Å². The van der Waals surface area contributed by atoms with Crippen LogP contribution in [0, 0.1) is 11.8 Å². The summed E-state index contributed by atoms with van der Waals surface area (Å²) in [5, 5.41) is 0.616. The fourth-order valence-electron chi connectivity index (χ4n) is 2.70. The van der Waals surface area contributed by atoms with Gasteiger partial charge in [0.1, 0.15) is 5.69 Å². The van der Waals surface area contributed by atoms with Gasteiger partial charge in [0.2, 0.25) is 10.9 Å². The molecule has 0 atom stereocenters. The Balaban J connectivity index is 2.45. The molecule has 0 N–H and O–H groups in total. The van der Waals surface area contributed by atoms with E-state index < -0.39 is 5.43 Å². The third kappa shape index (κ3) is 3.41. The minimum atomic E-state index is -0.394. The van der Waals surface area contributed by atoms with Crippen LogP contribution in [-0.4, -0.2) is 13.1 Å². The average Bonchev–Trinajstić information content (AvgIpc) is 2.43. The number of hydrogen-bond acceptors (Lipinski definition) is 3. The van der Waals surface area contributed by atoms with Crippen LogP contribution in [-0.2, 0) is 0 Å². The van der Waals surface area contributed by atoms with Crippen molar-refractivity contribution in [1.29, 1.82) is 0 Å². The normalized spacial score (nSPS) is 11.6. The summed E-state index contributed by atoms with van der Waals surface area (Å²) >= 11 is 5.90. The van der Waals surface area contributed by atoms with Gasteiger partial charge in [-0.2, -0.15) is 0 Å². The standard InChI is InChI=1S/C18H22ClNO2/c1-11(2)9-20(10-12(3)4)16-15(17(21)18(16)22)13-5-7-14(19)8-6-13/h5-8,11-12H,9-10H2,1-4H3. The number of benzene rings is 1. The maximum absolute atomic E-state index is 12.1. The minimum Gasteiger partial charge on any atom is -0.367 e. The highest BCUT2D eigenvalue weighted by atomic mass is 35.5. The molecule has 2 rings (SSSR count). The lowest BCUT2D eigenvalue weighted by atomic mass is 9.96. The fourth-order valence-corrected chi connectivity index (χ4v) is 2.83. The van der Waals surface area contributed by atoms with E-state index in [1.165, 1.54) is 0 Å². The summed E-state index contributed by atoms with van der Waals surface area (Å²) in [6.07, 6.45) is 0. The largest absolute Gasteiger partial charge is 0.367 e. The van der Waals surface area contributed by atoms with E-state index in [1.807, 2.05) is 0 Å². The fraction of sp³-hybridized carbons (Fsp3) is 0.444. The maximum atomic E-state index is 12.1. The molecule has 22 heavy (non-hydrogen) atoms. The number of rotatable bonds is 6. The Hall–Kier alpha value is -1.61. The first-order valence-corrected chi connectivity index (χ1v) is 8.03. The first-order valence-electron chi connectivity index (χ1n) is 7.65. The summed E-state index contributed by atoms with van der Waals surface area (Å²) in [5.41, 5.74) is 1.10. The molecule has 0 saturated carbocycles. The molecule has 0 radical (unpaired) electrons. The van der Waals surface area contributed by atoms with Crippen LogP contribution in [0.15, 0.2) is 33.9 Å². The Kier molecular flexibility index (Phi) is 5.07. The van der Waals surface area contributed by atoms with Crippen molar-refractivity contribution in [2.24, 2.45) is 11.8 Å². The Morgan fingerprint density at radius 2 is 1.41 bits per heavy atom. The van der Waals surface area contributed by atoms with Crippen molar-refractivity contribution in [3.63, 3.8) is 0 Å². The highest BCUT2D eigenvalue weighted by Crippen LogP contribution is 2.28. The predicted molar refractivity (Wildman–Crippen MR) is 93.7 cm³/mol. The van der Waals surface area contributed by atoms with E-state index in [0.29, 0.717) is 28.1 Å². The number of nitrogens with zero attached hydrogens (tertiary/aromatic N) is 1. The Morgan fingerprint density at radius 3 is 1.86 bits per heavy atom. The molecule has 0 bridgehead atoms. The highest BCUT2D eigenvalue weighted by molar-refractivity contribution is 6.30. The first kappa shape index (κ1) is 16.8. The van der Waals surface area contributed by atoms with Gasteiger partial charge in [-0.15, -0.1) is 0 Å². The Morgan fingerprint density at radius 1 is 0.909 bits per heavy atom. The van der Waals surface area contributed by atoms with Crippen LogP contribution in [0.1, 0.15) is 27.7 Å². The SMILES string of the molecule is CC(C)CN(CC(C)C)c1c(-c2ccc(Cl)cc2)c(=O)c1=O. The van der Waals surface area contributed by atoms with Crippen molar-refractivity contribution in [2.45, 2.75) is 27.7 Å². The molecule has 3 nitrogen and oxygen atoms in total. The zero-order valence-electron chi connectivity index (χ0n) is 13.5. The molecule has 2 aromatic rings. The second-order valence-corrected chi connectivity index (χ2v) is 7.02. The molecule has 0 aromatic heterocycles. The quantitative estimate of drug-likeness (QED) is 0.761. The van der Waals surface area contributed by atoms with Crippen molar-refractivity contribution in [3.8, 4) is 11.1 Å². The zero-order chi connectivity index (χ0) is 16.4. The molecule has 0 unspecified atom stereocenters. The molecule has 0 amide bonds. The van der Waals surface area contributed by atoms with Crippen LogP contribution < -0.4 is 15.8 Å². The molecule has 0 spiro atoms. The van der Waals surface area contributed by atoms with Crippen molar-refractivity contribution in [3.05, 3.63) is 49.7 Å². The lowest BCUT2D eigenvalue weighted by molar-refractivity contribution is 0.551. The third-order valence-electron chi connectivity index (χ3n) is 3.51. The number of hydrogen-bond donors (Lipinski definition) is 0. The van der Waals surface area contributed by atoms with Gasteiger partial charge in [-0.3, -0.25) is 9.59 Å². The molecule has 4 heteroatoms. The van der Waals surface area contributed by atoms with Gasteiger partial charge < -0.3 is 4.90 Å². The second-order valence-electron chi connectivity index (χ2n) is 6.58. The van der Waals surface area contributed by atoms with E-state index in [0.717, 1.165) is 18.7 Å². The van der Waals surface area contributed by atoms with E-state index in [9.17, 15) is 9.59 Å². The van der Waals surface area contributed by atoms with Crippen molar-refractivity contribution in [2.75, 3.05) is 18.0 Å². The van der Waals surface area contributed by atoms with Gasteiger partial charge >= 0.3 is 0 Å². The minimum absolute atomic E-state index is 0.369. The molecule has 0 aliphatic rings. The van der Waals surface area contributed by atoms with E-state index in [2.05, 4.69) is 32.6 Å². The van der Waals surface area contributed by atoms with Crippen LogP contribution >= 0.6 is 11.6 Å². The second kappa shape index (κ2) is 6.66. The molecular weight excluding hydrogens is 298 g/mol. The molecule has 0 saturated heterocycles. The molecular formula is C18H22ClNO2. The monoisotopic (exact) mass is 319 g/mol. The van der Waals surface area contributed by atoms with Crippen molar-refractivity contribution < 1.29 is 0 Å². The molecule has 0 fully saturated rings. The van der Waals surface area contributed by atoms with E-state index >= 15 is 0 Å². The molecule has 118 valence electrons. The smallest absolute Gasteiger partial charge is 0.250 e. The molecule has 0 aliphatic carbocycles. The van der Waals surface area contributed by atoms with E-state index in [-0.39, 0.29) is 5.43 Å². The summed E-state index contributed by atoms with van der Waals surface area (Å²) in [4.78, 5) is 26.3. The lowest BCUT2D eigenvalue weighted by Gasteiger charge is -2.30. The van der Waals surface area contributed by atoms with Crippen LogP contribution in [0.4, 0.5) is 5.69 Å². The number of halogens is 1. The lowest BCUT2D eigenvalue weighted by Crippen LogP contribution is -2.44. The van der Waals surface area contributed by atoms with Gasteiger partial charge in [0.05, 0.1) is 5.56 Å². The van der Waals surface area contributed by atoms with Gasteiger partial charge in [0.15, 0.2) is 0 Å². The molecule has 0 aliphatic heterocycles. The zero-order valence-corrected chi connectivity index (χ0v) is 14.3. The molecule has 2 aromatic carbocycles. The van der Waals surface area contributed by atoms with E-state index in [1.54, 1.807) is 24.3 Å². The highest BCUT2D eigenvalue weighted by Gasteiger charge is 2.27. The Bertz CT molecular complexity index is 700. The summed E-state index contributed by atoms with van der Waals surface area (Å²) in [6, 6.07) is 7.08. The summed E-state index contributed by atoms with van der Waals surface area (Å²) in [7, 11) is 0. The van der Waals surface area contributed by atoms with Gasteiger partial charge in [0, 0.05) is 18.1 Å². The maximum Gasteiger partial charge on any atom is 0.250 e. The van der Waals surface area contributed by atoms with Crippen LogP contribution in [0.5, 0.6) is 0 Å². The van der Waals surface area contributed by atoms with Gasteiger partial charge in [-0.1, -0.05) is 51.4 Å². The van der Waals surface area contributed by atoms with Crippen molar-refractivity contribution in [1.82, 2.24) is 0 Å². The van der Waals surface area contributed by atoms with Crippen LogP contribution in [0.2, 0.25) is 5.02 Å².